The zero-order valence-corrected chi connectivity index (χ0v) is 22.1. The van der Waals surface area contributed by atoms with Crippen LogP contribution in [0.15, 0.2) is 84.9 Å². The molecular weight excluding hydrogens is 476 g/mol. The largest absolute Gasteiger partial charge is 0.507 e. The van der Waals surface area contributed by atoms with E-state index in [-0.39, 0.29) is 5.75 Å². The van der Waals surface area contributed by atoms with Gasteiger partial charge in [0.05, 0.1) is 12.7 Å². The van der Waals surface area contributed by atoms with Gasteiger partial charge in [0.25, 0.3) is 0 Å². The van der Waals surface area contributed by atoms with Crippen molar-refractivity contribution >= 4 is 23.0 Å². The lowest BCUT2D eigenvalue weighted by atomic mass is 9.78. The van der Waals surface area contributed by atoms with Gasteiger partial charge in [0.2, 0.25) is 0 Å². The molecule has 1 heterocycles. The molecule has 6 nitrogen and oxygen atoms in total. The summed E-state index contributed by atoms with van der Waals surface area (Å²) in [5.41, 5.74) is 4.35. The van der Waals surface area contributed by atoms with E-state index in [9.17, 15) is 9.90 Å². The van der Waals surface area contributed by atoms with E-state index in [1.165, 1.54) is 0 Å². The fraction of sp³-hybridized carbons (Fsp3) is 0.219. The van der Waals surface area contributed by atoms with Crippen LogP contribution in [0.25, 0.3) is 0 Å². The van der Waals surface area contributed by atoms with E-state index in [0.717, 1.165) is 35.7 Å². The van der Waals surface area contributed by atoms with Crippen LogP contribution in [-0.2, 0) is 10.3 Å². The maximum atomic E-state index is 13.3. The number of cyclic esters (lactones) is 1. The molecule has 5 rings (SSSR count). The van der Waals surface area contributed by atoms with E-state index in [1.807, 2.05) is 79.7 Å². The van der Waals surface area contributed by atoms with Crippen molar-refractivity contribution in [2.45, 2.75) is 26.4 Å². The number of ether oxygens (including phenoxy) is 2. The predicted molar refractivity (Wildman–Crippen MR) is 151 cm³/mol. The lowest BCUT2D eigenvalue weighted by Gasteiger charge is -2.33. The monoisotopic (exact) mass is 508 g/mol. The van der Waals surface area contributed by atoms with Crippen molar-refractivity contribution in [3.63, 3.8) is 0 Å². The minimum Gasteiger partial charge on any atom is -0.507 e. The minimum atomic E-state index is -1.41. The maximum Gasteiger partial charge on any atom is 0.340 e. The Balaban J connectivity index is 1.77. The molecule has 1 aliphatic heterocycles. The Bertz CT molecular complexity index is 1480. The molecule has 0 saturated heterocycles. The second-order valence-corrected chi connectivity index (χ2v) is 9.35. The molecule has 0 spiro atoms. The Morgan fingerprint density at radius 3 is 2.32 bits per heavy atom. The number of carbonyl (C=O) groups excluding carboxylic acids is 1. The summed E-state index contributed by atoms with van der Waals surface area (Å²) in [4.78, 5) is 15.5. The number of fused-ring (bicyclic) bond motifs is 1. The first-order valence-electron chi connectivity index (χ1n) is 12.8. The highest BCUT2D eigenvalue weighted by Gasteiger charge is 2.51. The number of nitrogens with zero attached hydrogens (tertiary/aromatic N) is 1. The number of phenolic OH excluding ortho intramolecular Hbond substituents is 1. The highest BCUT2D eigenvalue weighted by atomic mass is 16.6. The molecule has 0 aliphatic carbocycles. The molecule has 1 aliphatic rings. The van der Waals surface area contributed by atoms with Crippen molar-refractivity contribution in [1.29, 1.82) is 0 Å². The Hall–Kier alpha value is -4.45. The summed E-state index contributed by atoms with van der Waals surface area (Å²) >= 11 is 0. The molecule has 0 saturated carbocycles. The quantitative estimate of drug-likeness (QED) is 0.202. The first kappa shape index (κ1) is 25.2. The number of para-hydroxylation sites is 1. The first-order chi connectivity index (χ1) is 18.4. The molecule has 0 fully saturated rings. The van der Waals surface area contributed by atoms with Gasteiger partial charge < -0.3 is 24.8 Å². The SMILES string of the molecule is CCN(CC)c1ccc(C2(c3cc(Nc4ccccc4)c(C)cc3O)OC(=O)c3ccccc32)c(OC)c1. The molecule has 1 unspecified atom stereocenters. The third-order valence-corrected chi connectivity index (χ3v) is 7.24. The van der Waals surface area contributed by atoms with Gasteiger partial charge in [0.1, 0.15) is 11.5 Å². The Morgan fingerprint density at radius 2 is 1.61 bits per heavy atom. The molecule has 0 bridgehead atoms. The van der Waals surface area contributed by atoms with E-state index >= 15 is 0 Å². The van der Waals surface area contributed by atoms with Crippen molar-refractivity contribution in [1.82, 2.24) is 0 Å². The molecular formula is C32H32N2O4. The van der Waals surface area contributed by atoms with Crippen LogP contribution in [0.3, 0.4) is 0 Å². The third-order valence-electron chi connectivity index (χ3n) is 7.24. The van der Waals surface area contributed by atoms with Crippen molar-refractivity contribution < 1.29 is 19.4 Å². The van der Waals surface area contributed by atoms with Crippen LogP contribution in [0.1, 0.15) is 46.5 Å². The summed E-state index contributed by atoms with van der Waals surface area (Å²) in [7, 11) is 1.61. The van der Waals surface area contributed by atoms with Crippen molar-refractivity contribution in [3.8, 4) is 11.5 Å². The van der Waals surface area contributed by atoms with E-state index in [1.54, 1.807) is 19.2 Å². The zero-order valence-electron chi connectivity index (χ0n) is 22.1. The van der Waals surface area contributed by atoms with Gasteiger partial charge in [-0.2, -0.15) is 0 Å². The maximum absolute atomic E-state index is 13.3. The molecule has 1 atom stereocenters. The number of hydrogen-bond acceptors (Lipinski definition) is 6. The lowest BCUT2D eigenvalue weighted by Crippen LogP contribution is -2.31. The fourth-order valence-corrected chi connectivity index (χ4v) is 5.30. The normalized spacial score (nSPS) is 16.1. The molecule has 0 amide bonds. The standard InChI is InChI=1S/C32H32N2O4/c1-5-34(6-2)23-16-17-26(30(19-23)37-4)32(25-15-11-10-14-24(25)31(36)38-32)27-20-28(21(3)18-29(27)35)33-22-12-8-7-9-13-22/h7-20,33,35H,5-6H2,1-4H3. The summed E-state index contributed by atoms with van der Waals surface area (Å²) < 4.78 is 12.2. The van der Waals surface area contributed by atoms with Gasteiger partial charge in [-0.3, -0.25) is 0 Å². The van der Waals surface area contributed by atoms with Crippen LogP contribution in [0.2, 0.25) is 0 Å². The van der Waals surface area contributed by atoms with Crippen LogP contribution in [0.4, 0.5) is 17.1 Å². The van der Waals surface area contributed by atoms with Gasteiger partial charge in [-0.05, 0) is 68.8 Å². The highest BCUT2D eigenvalue weighted by Crippen LogP contribution is 2.53. The van der Waals surface area contributed by atoms with Crippen LogP contribution in [0.5, 0.6) is 11.5 Å². The number of anilines is 3. The summed E-state index contributed by atoms with van der Waals surface area (Å²) in [6.45, 7) is 7.82. The van der Waals surface area contributed by atoms with Gasteiger partial charge in [0, 0.05) is 52.9 Å². The third kappa shape index (κ3) is 4.12. The van der Waals surface area contributed by atoms with Gasteiger partial charge in [-0.1, -0.05) is 36.4 Å². The predicted octanol–water partition coefficient (Wildman–Crippen LogP) is 6.76. The summed E-state index contributed by atoms with van der Waals surface area (Å²) in [6.07, 6.45) is 0. The second kappa shape index (κ2) is 10.1. The van der Waals surface area contributed by atoms with Crippen LogP contribution in [0, 0.1) is 6.92 Å². The molecule has 4 aromatic rings. The van der Waals surface area contributed by atoms with Crippen molar-refractivity contribution in [3.05, 3.63) is 113 Å². The average Bonchev–Trinajstić information content (AvgIpc) is 3.24. The Morgan fingerprint density at radius 1 is 0.895 bits per heavy atom. The smallest absolute Gasteiger partial charge is 0.340 e. The number of rotatable bonds is 8. The number of nitrogens with one attached hydrogen (secondary N) is 1. The average molecular weight is 509 g/mol. The minimum absolute atomic E-state index is 0.0282. The number of esters is 1. The number of benzene rings is 4. The van der Waals surface area contributed by atoms with Crippen LogP contribution < -0.4 is 15.0 Å². The zero-order chi connectivity index (χ0) is 26.9. The van der Waals surface area contributed by atoms with Gasteiger partial charge in [-0.15, -0.1) is 0 Å². The topological polar surface area (TPSA) is 71.0 Å². The van der Waals surface area contributed by atoms with Gasteiger partial charge in [0.15, 0.2) is 5.60 Å². The Kier molecular flexibility index (Phi) is 6.72. The molecule has 6 heteroatoms. The number of aryl methyl sites for hydroxylation is 1. The summed E-state index contributed by atoms with van der Waals surface area (Å²) in [6, 6.07) is 26.6. The number of methoxy groups -OCH3 is 1. The van der Waals surface area contributed by atoms with Crippen LogP contribution in [-0.4, -0.2) is 31.3 Å². The molecule has 194 valence electrons. The van der Waals surface area contributed by atoms with E-state index in [2.05, 4.69) is 24.1 Å². The number of carbonyl (C=O) groups is 1. The lowest BCUT2D eigenvalue weighted by molar-refractivity contribution is 0.0239. The Labute approximate surface area is 223 Å². The summed E-state index contributed by atoms with van der Waals surface area (Å²) in [5.74, 6) is 0.143. The molecule has 38 heavy (non-hydrogen) atoms. The van der Waals surface area contributed by atoms with E-state index in [0.29, 0.717) is 28.0 Å². The molecule has 2 N–H and O–H groups in total. The fourth-order valence-electron chi connectivity index (χ4n) is 5.30. The first-order valence-corrected chi connectivity index (χ1v) is 12.8. The summed E-state index contributed by atoms with van der Waals surface area (Å²) in [5, 5.41) is 14.8. The van der Waals surface area contributed by atoms with Crippen molar-refractivity contribution in [2.75, 3.05) is 30.4 Å². The number of aromatic hydroxyl groups is 1. The molecule has 0 radical (unpaired) electrons. The van der Waals surface area contributed by atoms with Crippen LogP contribution >= 0.6 is 0 Å². The molecule has 0 aromatic heterocycles. The van der Waals surface area contributed by atoms with E-state index < -0.39 is 11.6 Å². The van der Waals surface area contributed by atoms with Crippen molar-refractivity contribution in [2.24, 2.45) is 0 Å². The number of hydrogen-bond donors (Lipinski definition) is 2. The van der Waals surface area contributed by atoms with Gasteiger partial charge in [-0.25, -0.2) is 4.79 Å². The van der Waals surface area contributed by atoms with Gasteiger partial charge >= 0.3 is 5.97 Å². The van der Waals surface area contributed by atoms with E-state index in [4.69, 9.17) is 9.47 Å². The highest BCUT2D eigenvalue weighted by molar-refractivity contribution is 5.97. The molecule has 4 aromatic carbocycles. The second-order valence-electron chi connectivity index (χ2n) is 9.35. The number of phenols is 1.